The van der Waals surface area contributed by atoms with E-state index in [1.165, 1.54) is 11.0 Å². The van der Waals surface area contributed by atoms with Crippen LogP contribution in [-0.2, 0) is 16.0 Å². The summed E-state index contributed by atoms with van der Waals surface area (Å²) in [5.74, 6) is -0.325. The minimum atomic E-state index is -0.593. The predicted molar refractivity (Wildman–Crippen MR) is 67.0 cm³/mol. The molecule has 0 atom stereocenters. The number of hydrogen-bond donors (Lipinski definition) is 2. The fraction of sp³-hybridized carbons (Fsp3) is 0.400. The maximum absolute atomic E-state index is 11.0. The number of primary amides is 2. The molecule has 0 saturated heterocycles. The van der Waals surface area contributed by atoms with E-state index < -0.39 is 11.8 Å². The van der Waals surface area contributed by atoms with Crippen molar-refractivity contribution in [1.29, 1.82) is 0 Å². The third kappa shape index (κ3) is 4.17. The van der Waals surface area contributed by atoms with Gasteiger partial charge in [-0.2, -0.15) is 0 Å². The van der Waals surface area contributed by atoms with Gasteiger partial charge in [-0.1, -0.05) is 18.5 Å². The third-order valence-corrected chi connectivity index (χ3v) is 2.25. The molecule has 4 N–H and O–H groups in total. The van der Waals surface area contributed by atoms with E-state index in [1.807, 2.05) is 6.92 Å². The van der Waals surface area contributed by atoms with Crippen LogP contribution in [0.5, 0.6) is 0 Å². The molecule has 0 spiro atoms. The fourth-order valence-corrected chi connectivity index (χ4v) is 1.56. The number of rotatable bonds is 6. The molecule has 0 saturated carbocycles. The van der Waals surface area contributed by atoms with E-state index in [9.17, 15) is 9.59 Å². The highest BCUT2D eigenvalue weighted by molar-refractivity contribution is 6.29. The van der Waals surface area contributed by atoms with Gasteiger partial charge < -0.3 is 16.4 Å². The molecular weight excluding hydrogens is 258 g/mol. The molecule has 8 heteroatoms. The van der Waals surface area contributed by atoms with Crippen molar-refractivity contribution in [3.05, 3.63) is 17.0 Å². The molecule has 1 heterocycles. The average Bonchev–Trinajstić information content (AvgIpc) is 2.26. The molecule has 0 unspecified atom stereocenters. The minimum absolute atomic E-state index is 0.167. The van der Waals surface area contributed by atoms with Crippen LogP contribution >= 0.6 is 11.6 Å². The Morgan fingerprint density at radius 3 is 2.28 bits per heavy atom. The number of aryl methyl sites for hydroxylation is 1. The van der Waals surface area contributed by atoms with E-state index in [0.29, 0.717) is 18.1 Å². The normalized spacial score (nSPS) is 10.1. The number of aromatic nitrogens is 2. The second-order valence-corrected chi connectivity index (χ2v) is 3.99. The second-order valence-electron chi connectivity index (χ2n) is 3.61. The lowest BCUT2D eigenvalue weighted by molar-refractivity contribution is -0.117. The first-order valence-electron chi connectivity index (χ1n) is 5.27. The van der Waals surface area contributed by atoms with Gasteiger partial charge in [-0.15, -0.1) is 0 Å². The summed E-state index contributed by atoms with van der Waals surface area (Å²) in [5.41, 5.74) is 10.2. The molecule has 1 aromatic rings. The molecular formula is C10H14ClN5O2. The van der Waals surface area contributed by atoms with Gasteiger partial charge in [0.15, 0.2) is 0 Å². The Bertz CT molecular complexity index is 450. The van der Waals surface area contributed by atoms with Crippen molar-refractivity contribution in [2.45, 2.75) is 13.3 Å². The summed E-state index contributed by atoms with van der Waals surface area (Å²) in [6, 6.07) is 1.45. The van der Waals surface area contributed by atoms with Crippen LogP contribution in [0.2, 0.25) is 5.15 Å². The Morgan fingerprint density at radius 1 is 1.28 bits per heavy atom. The van der Waals surface area contributed by atoms with Gasteiger partial charge in [0.05, 0.1) is 13.1 Å². The maximum Gasteiger partial charge on any atom is 0.237 e. The van der Waals surface area contributed by atoms with Crippen LogP contribution in [0.15, 0.2) is 6.07 Å². The molecule has 0 aliphatic heterocycles. The summed E-state index contributed by atoms with van der Waals surface area (Å²) in [5, 5.41) is 0.232. The molecule has 98 valence electrons. The van der Waals surface area contributed by atoms with Crippen LogP contribution in [0.3, 0.4) is 0 Å². The molecule has 18 heavy (non-hydrogen) atoms. The van der Waals surface area contributed by atoms with Gasteiger partial charge in [-0.25, -0.2) is 9.97 Å². The number of nitrogens with two attached hydrogens (primary N) is 2. The lowest BCUT2D eigenvalue weighted by atomic mass is 10.4. The Hall–Kier alpha value is -1.89. The first kappa shape index (κ1) is 14.2. The molecule has 0 bridgehead atoms. The summed E-state index contributed by atoms with van der Waals surface area (Å²) in [6.07, 6.45) is 0.578. The average molecular weight is 272 g/mol. The van der Waals surface area contributed by atoms with Gasteiger partial charge >= 0.3 is 0 Å². The van der Waals surface area contributed by atoms with Crippen LogP contribution < -0.4 is 16.4 Å². The van der Waals surface area contributed by atoms with E-state index >= 15 is 0 Å². The van der Waals surface area contributed by atoms with Crippen molar-refractivity contribution < 1.29 is 9.59 Å². The van der Waals surface area contributed by atoms with Crippen LogP contribution in [-0.4, -0.2) is 34.9 Å². The number of hydrogen-bond acceptors (Lipinski definition) is 5. The maximum atomic E-state index is 11.0. The summed E-state index contributed by atoms with van der Waals surface area (Å²) >= 11 is 5.84. The predicted octanol–water partition coefficient (Wildman–Crippen LogP) is -0.531. The van der Waals surface area contributed by atoms with Gasteiger partial charge in [0.1, 0.15) is 16.8 Å². The first-order valence-corrected chi connectivity index (χ1v) is 5.65. The van der Waals surface area contributed by atoms with Crippen LogP contribution in [0.1, 0.15) is 12.7 Å². The highest BCUT2D eigenvalue weighted by Gasteiger charge is 2.15. The first-order chi connectivity index (χ1) is 8.42. The highest BCUT2D eigenvalue weighted by Crippen LogP contribution is 2.16. The molecule has 2 amide bonds. The lowest BCUT2D eigenvalue weighted by Gasteiger charge is -2.20. The molecule has 0 radical (unpaired) electrons. The van der Waals surface area contributed by atoms with Crippen molar-refractivity contribution in [1.82, 2.24) is 9.97 Å². The zero-order chi connectivity index (χ0) is 13.7. The number of amides is 2. The van der Waals surface area contributed by atoms with Crippen LogP contribution in [0, 0.1) is 0 Å². The van der Waals surface area contributed by atoms with Crippen molar-refractivity contribution in [2.75, 3.05) is 18.0 Å². The van der Waals surface area contributed by atoms with Gasteiger partial charge in [0, 0.05) is 12.5 Å². The summed E-state index contributed by atoms with van der Waals surface area (Å²) < 4.78 is 0. The quantitative estimate of drug-likeness (QED) is 0.675. The largest absolute Gasteiger partial charge is 0.368 e. The highest BCUT2D eigenvalue weighted by atomic mass is 35.5. The standard InChI is InChI=1S/C10H14ClN5O2/c1-2-9-14-6(11)3-10(15-9)16(4-7(12)17)5-8(13)18/h3H,2,4-5H2,1H3,(H2,12,17)(H2,13,18). The van der Waals surface area contributed by atoms with Gasteiger partial charge in [0.2, 0.25) is 11.8 Å². The van der Waals surface area contributed by atoms with Crippen molar-refractivity contribution in [3.63, 3.8) is 0 Å². The van der Waals surface area contributed by atoms with Crippen molar-refractivity contribution in [3.8, 4) is 0 Å². The molecule has 7 nitrogen and oxygen atoms in total. The van der Waals surface area contributed by atoms with Crippen LogP contribution in [0.4, 0.5) is 5.82 Å². The Morgan fingerprint density at radius 2 is 1.83 bits per heavy atom. The van der Waals surface area contributed by atoms with Crippen molar-refractivity contribution in [2.24, 2.45) is 11.5 Å². The topological polar surface area (TPSA) is 115 Å². The van der Waals surface area contributed by atoms with E-state index in [-0.39, 0.29) is 18.2 Å². The number of halogens is 1. The Labute approximate surface area is 109 Å². The van der Waals surface area contributed by atoms with E-state index in [2.05, 4.69) is 9.97 Å². The van der Waals surface area contributed by atoms with Gasteiger partial charge in [-0.05, 0) is 0 Å². The van der Waals surface area contributed by atoms with Crippen LogP contribution in [0.25, 0.3) is 0 Å². The van der Waals surface area contributed by atoms with E-state index in [0.717, 1.165) is 0 Å². The number of carbonyl (C=O) groups excluding carboxylic acids is 2. The lowest BCUT2D eigenvalue weighted by Crippen LogP contribution is -2.40. The SMILES string of the molecule is CCc1nc(Cl)cc(N(CC(N)=O)CC(N)=O)n1. The summed E-state index contributed by atoms with van der Waals surface area (Å²) in [4.78, 5) is 31.4. The molecule has 0 aliphatic rings. The zero-order valence-electron chi connectivity index (χ0n) is 9.89. The second kappa shape index (κ2) is 6.15. The van der Waals surface area contributed by atoms with Crippen molar-refractivity contribution >= 4 is 29.2 Å². The molecule has 1 rings (SSSR count). The van der Waals surface area contributed by atoms with E-state index in [4.69, 9.17) is 23.1 Å². The zero-order valence-corrected chi connectivity index (χ0v) is 10.6. The molecule has 0 aliphatic carbocycles. The minimum Gasteiger partial charge on any atom is -0.368 e. The van der Waals surface area contributed by atoms with E-state index in [1.54, 1.807) is 0 Å². The molecule has 0 aromatic carbocycles. The molecule has 0 fully saturated rings. The number of anilines is 1. The number of carbonyl (C=O) groups is 2. The molecule has 1 aromatic heterocycles. The Balaban J connectivity index is 3.06. The fourth-order valence-electron chi connectivity index (χ4n) is 1.37. The van der Waals surface area contributed by atoms with Gasteiger partial charge in [-0.3, -0.25) is 9.59 Å². The van der Waals surface area contributed by atoms with Gasteiger partial charge in [0.25, 0.3) is 0 Å². The monoisotopic (exact) mass is 271 g/mol. The smallest absolute Gasteiger partial charge is 0.237 e. The summed E-state index contributed by atoms with van der Waals surface area (Å²) in [6.45, 7) is 1.53. The number of nitrogens with zero attached hydrogens (tertiary/aromatic N) is 3. The third-order valence-electron chi connectivity index (χ3n) is 2.06. The summed E-state index contributed by atoms with van der Waals surface area (Å²) in [7, 11) is 0. The Kier molecular flexibility index (Phi) is 4.85.